The van der Waals surface area contributed by atoms with Crippen LogP contribution in [0.4, 0.5) is 0 Å². The van der Waals surface area contributed by atoms with Gasteiger partial charge in [0.05, 0.1) is 5.41 Å². The zero-order valence-corrected chi connectivity index (χ0v) is 24.0. The quantitative estimate of drug-likeness (QED) is 0.119. The SMILES string of the molecule is Oc1ccc(C(c2ccc(O)c(O)c2)(c2ccc(O)c(C3CCCCC3)c2)c2ccc(O)c(C3CCCCC3)c2)cc1. The smallest absolute Gasteiger partial charge is 0.157 e. The molecule has 5 N–H and O–H groups in total. The molecule has 0 amide bonds. The van der Waals surface area contributed by atoms with Crippen molar-refractivity contribution in [2.45, 2.75) is 81.5 Å². The molecule has 0 spiro atoms. The molecule has 0 aliphatic heterocycles. The number of aromatic hydroxyl groups is 5. The minimum atomic E-state index is -0.993. The molecular formula is C37H40O5. The Labute approximate surface area is 247 Å². The molecule has 0 heterocycles. The van der Waals surface area contributed by atoms with Crippen LogP contribution in [0.1, 0.15) is 109 Å². The predicted octanol–water partition coefficient (Wildman–Crippen LogP) is 8.69. The molecule has 0 saturated heterocycles. The third-order valence-electron chi connectivity index (χ3n) is 9.72. The Kier molecular flexibility index (Phi) is 7.76. The van der Waals surface area contributed by atoms with Crippen molar-refractivity contribution in [2.24, 2.45) is 0 Å². The van der Waals surface area contributed by atoms with Crippen LogP contribution in [0.5, 0.6) is 28.7 Å². The Bertz CT molecular complexity index is 1480. The minimum absolute atomic E-state index is 0.142. The second kappa shape index (κ2) is 11.6. The van der Waals surface area contributed by atoms with Crippen LogP contribution in [0.15, 0.2) is 78.9 Å². The normalized spacial score (nSPS) is 16.9. The Morgan fingerprint density at radius 3 is 1.26 bits per heavy atom. The van der Waals surface area contributed by atoms with Crippen LogP contribution >= 0.6 is 0 Å². The fraction of sp³-hybridized carbons (Fsp3) is 0.351. The molecule has 0 bridgehead atoms. The summed E-state index contributed by atoms with van der Waals surface area (Å²) in [4.78, 5) is 0. The van der Waals surface area contributed by atoms with Gasteiger partial charge in [-0.15, -0.1) is 0 Å². The number of benzene rings is 4. The molecule has 0 unspecified atom stereocenters. The molecule has 2 fully saturated rings. The maximum absolute atomic E-state index is 11.1. The lowest BCUT2D eigenvalue weighted by Crippen LogP contribution is -2.31. The van der Waals surface area contributed by atoms with Crippen molar-refractivity contribution >= 4 is 0 Å². The molecule has 2 aliphatic rings. The Morgan fingerprint density at radius 1 is 0.405 bits per heavy atom. The van der Waals surface area contributed by atoms with E-state index < -0.39 is 5.41 Å². The van der Waals surface area contributed by atoms with Crippen LogP contribution in [0.2, 0.25) is 0 Å². The fourth-order valence-electron chi connectivity index (χ4n) is 7.52. The number of hydrogen-bond acceptors (Lipinski definition) is 5. The highest BCUT2D eigenvalue weighted by Crippen LogP contribution is 2.51. The first-order valence-electron chi connectivity index (χ1n) is 15.4. The van der Waals surface area contributed by atoms with Crippen molar-refractivity contribution in [1.29, 1.82) is 0 Å². The predicted molar refractivity (Wildman–Crippen MR) is 165 cm³/mol. The number of hydrogen-bond donors (Lipinski definition) is 5. The van der Waals surface area contributed by atoms with Gasteiger partial charge < -0.3 is 25.5 Å². The number of phenolic OH excluding ortho intramolecular Hbond substituents is 5. The van der Waals surface area contributed by atoms with Gasteiger partial charge in [-0.05, 0) is 107 Å². The topological polar surface area (TPSA) is 101 Å². The van der Waals surface area contributed by atoms with Crippen molar-refractivity contribution in [3.8, 4) is 28.7 Å². The van der Waals surface area contributed by atoms with Crippen molar-refractivity contribution in [3.05, 3.63) is 112 Å². The molecular weight excluding hydrogens is 524 g/mol. The van der Waals surface area contributed by atoms with Crippen molar-refractivity contribution in [3.63, 3.8) is 0 Å². The summed E-state index contributed by atoms with van der Waals surface area (Å²) in [5, 5.41) is 53.6. The average Bonchev–Trinajstić information content (AvgIpc) is 3.02. The molecule has 0 atom stereocenters. The molecule has 5 nitrogen and oxygen atoms in total. The monoisotopic (exact) mass is 564 g/mol. The van der Waals surface area contributed by atoms with Crippen LogP contribution in [-0.2, 0) is 5.41 Å². The first-order chi connectivity index (χ1) is 20.4. The van der Waals surface area contributed by atoms with Gasteiger partial charge in [0.2, 0.25) is 0 Å². The van der Waals surface area contributed by atoms with Crippen LogP contribution < -0.4 is 0 Å². The van der Waals surface area contributed by atoms with Gasteiger partial charge in [0.15, 0.2) is 11.5 Å². The maximum Gasteiger partial charge on any atom is 0.157 e. The van der Waals surface area contributed by atoms with Crippen LogP contribution in [0.25, 0.3) is 0 Å². The lowest BCUT2D eigenvalue weighted by atomic mass is 9.64. The largest absolute Gasteiger partial charge is 0.508 e. The highest BCUT2D eigenvalue weighted by atomic mass is 16.3. The van der Waals surface area contributed by atoms with Gasteiger partial charge in [0.25, 0.3) is 0 Å². The van der Waals surface area contributed by atoms with E-state index in [1.165, 1.54) is 18.9 Å². The van der Waals surface area contributed by atoms with Gasteiger partial charge in [-0.1, -0.05) is 81.0 Å². The first kappa shape index (κ1) is 28.0. The lowest BCUT2D eigenvalue weighted by Gasteiger charge is -2.38. The van der Waals surface area contributed by atoms with Gasteiger partial charge in [0, 0.05) is 0 Å². The Hall–Kier alpha value is -4.12. The van der Waals surface area contributed by atoms with Gasteiger partial charge in [-0.3, -0.25) is 0 Å². The summed E-state index contributed by atoms with van der Waals surface area (Å²) < 4.78 is 0. The molecule has 0 aromatic heterocycles. The second-order valence-corrected chi connectivity index (χ2v) is 12.2. The van der Waals surface area contributed by atoms with E-state index in [0.29, 0.717) is 0 Å². The first-order valence-corrected chi connectivity index (χ1v) is 15.4. The van der Waals surface area contributed by atoms with Crippen molar-refractivity contribution in [1.82, 2.24) is 0 Å². The zero-order chi connectivity index (χ0) is 29.3. The second-order valence-electron chi connectivity index (χ2n) is 12.2. The molecule has 4 aromatic rings. The van der Waals surface area contributed by atoms with E-state index in [0.717, 1.165) is 84.7 Å². The summed E-state index contributed by atoms with van der Waals surface area (Å²) in [5.41, 5.74) is 4.23. The van der Waals surface area contributed by atoms with E-state index >= 15 is 0 Å². The Balaban J connectivity index is 1.67. The molecule has 42 heavy (non-hydrogen) atoms. The van der Waals surface area contributed by atoms with Crippen molar-refractivity contribution in [2.75, 3.05) is 0 Å². The summed E-state index contributed by atoms with van der Waals surface area (Å²) in [5.74, 6) is 0.779. The fourth-order valence-corrected chi connectivity index (χ4v) is 7.52. The molecule has 218 valence electrons. The van der Waals surface area contributed by atoms with Gasteiger partial charge in [0.1, 0.15) is 17.2 Å². The standard InChI is InChI=1S/C37H40O5/c38-30-16-11-26(12-17-30)37(29-15-20-35(41)36(42)23-29,27-13-18-33(39)31(21-27)24-7-3-1-4-8-24)28-14-19-34(40)32(22-28)25-9-5-2-6-10-25/h11-25,38-42H,1-10H2. The van der Waals surface area contributed by atoms with Gasteiger partial charge in [-0.25, -0.2) is 0 Å². The highest BCUT2D eigenvalue weighted by molar-refractivity contribution is 5.64. The van der Waals surface area contributed by atoms with E-state index in [-0.39, 0.29) is 40.6 Å². The van der Waals surface area contributed by atoms with Gasteiger partial charge in [-0.2, -0.15) is 0 Å². The Morgan fingerprint density at radius 2 is 0.810 bits per heavy atom. The van der Waals surface area contributed by atoms with Gasteiger partial charge >= 0.3 is 0 Å². The number of phenols is 5. The van der Waals surface area contributed by atoms with E-state index in [1.54, 1.807) is 30.3 Å². The summed E-state index contributed by atoms with van der Waals surface area (Å²) in [6.45, 7) is 0. The third kappa shape index (κ3) is 5.06. The minimum Gasteiger partial charge on any atom is -0.508 e. The maximum atomic E-state index is 11.1. The van der Waals surface area contributed by atoms with E-state index in [1.807, 2.05) is 30.3 Å². The molecule has 2 aliphatic carbocycles. The van der Waals surface area contributed by atoms with Crippen LogP contribution in [0, 0.1) is 0 Å². The molecule has 6 rings (SSSR count). The molecule has 4 aromatic carbocycles. The summed E-state index contributed by atoms with van der Waals surface area (Å²) in [6.07, 6.45) is 11.0. The van der Waals surface area contributed by atoms with Crippen LogP contribution in [0.3, 0.4) is 0 Å². The van der Waals surface area contributed by atoms with E-state index in [2.05, 4.69) is 12.1 Å². The zero-order valence-electron chi connectivity index (χ0n) is 24.0. The summed E-state index contributed by atoms with van der Waals surface area (Å²) >= 11 is 0. The van der Waals surface area contributed by atoms with Crippen molar-refractivity contribution < 1.29 is 25.5 Å². The summed E-state index contributed by atoms with van der Waals surface area (Å²) in [6, 6.07) is 23.7. The summed E-state index contributed by atoms with van der Waals surface area (Å²) in [7, 11) is 0. The van der Waals surface area contributed by atoms with E-state index in [9.17, 15) is 25.5 Å². The molecule has 2 saturated carbocycles. The lowest BCUT2D eigenvalue weighted by molar-refractivity contribution is 0.402. The third-order valence-corrected chi connectivity index (χ3v) is 9.72. The van der Waals surface area contributed by atoms with Crippen LogP contribution in [-0.4, -0.2) is 25.5 Å². The van der Waals surface area contributed by atoms with E-state index in [4.69, 9.17) is 0 Å². The number of rotatable bonds is 6. The highest BCUT2D eigenvalue weighted by Gasteiger charge is 2.40. The average molecular weight is 565 g/mol. The molecule has 5 heteroatoms. The molecule has 0 radical (unpaired) electrons.